The van der Waals surface area contributed by atoms with Gasteiger partial charge in [-0.1, -0.05) is 30.2 Å². The second-order valence-corrected chi connectivity index (χ2v) is 4.63. The topological polar surface area (TPSA) is 0 Å². The lowest BCUT2D eigenvalue weighted by Crippen LogP contribution is -2.16. The molecule has 0 aromatic rings. The van der Waals surface area contributed by atoms with E-state index in [0.29, 0.717) is 0 Å². The summed E-state index contributed by atoms with van der Waals surface area (Å²) in [5.41, 5.74) is 3.06. The summed E-state index contributed by atoms with van der Waals surface area (Å²) in [6.07, 6.45) is 8.70. The highest BCUT2D eigenvalue weighted by molar-refractivity contribution is 5.11. The smallest absolute Gasteiger partial charge is 0.0145 e. The molecule has 0 amide bonds. The van der Waals surface area contributed by atoms with Gasteiger partial charge < -0.3 is 0 Å². The van der Waals surface area contributed by atoms with Gasteiger partial charge in [-0.25, -0.2) is 0 Å². The Kier molecular flexibility index (Phi) is 3.77. The van der Waals surface area contributed by atoms with E-state index < -0.39 is 0 Å². The molecule has 0 nitrogen and oxygen atoms in total. The summed E-state index contributed by atoms with van der Waals surface area (Å²) in [6, 6.07) is 0. The van der Waals surface area contributed by atoms with Crippen LogP contribution in [-0.2, 0) is 0 Å². The highest BCUT2D eigenvalue weighted by atomic mass is 14.3. The van der Waals surface area contributed by atoms with E-state index in [1.54, 1.807) is 5.57 Å². The van der Waals surface area contributed by atoms with Crippen molar-refractivity contribution in [3.05, 3.63) is 23.3 Å². The Morgan fingerprint density at radius 1 is 1.54 bits per heavy atom. The van der Waals surface area contributed by atoms with E-state index in [-0.39, 0.29) is 0 Å². The minimum Gasteiger partial charge on any atom is -0.0853 e. The summed E-state index contributed by atoms with van der Waals surface area (Å²) in [6.45, 7) is 9.05. The predicted molar refractivity (Wildman–Crippen MR) is 59.7 cm³/mol. The quantitative estimate of drug-likeness (QED) is 0.552. The van der Waals surface area contributed by atoms with Crippen LogP contribution in [0.25, 0.3) is 0 Å². The van der Waals surface area contributed by atoms with Crippen molar-refractivity contribution >= 4 is 0 Å². The molecule has 13 heavy (non-hydrogen) atoms. The van der Waals surface area contributed by atoms with Crippen LogP contribution < -0.4 is 0 Å². The van der Waals surface area contributed by atoms with Gasteiger partial charge in [-0.05, 0) is 51.9 Å². The minimum atomic E-state index is 0.809. The van der Waals surface area contributed by atoms with Crippen molar-refractivity contribution in [1.82, 2.24) is 0 Å². The first kappa shape index (κ1) is 10.6. The lowest BCUT2D eigenvalue weighted by Gasteiger charge is -2.27. The molecule has 1 aliphatic carbocycles. The zero-order valence-electron chi connectivity index (χ0n) is 9.43. The maximum atomic E-state index is 2.42. The third-order valence-electron chi connectivity index (χ3n) is 3.14. The van der Waals surface area contributed by atoms with Gasteiger partial charge in [0.25, 0.3) is 0 Å². The highest BCUT2D eigenvalue weighted by Gasteiger charge is 2.20. The third kappa shape index (κ3) is 3.02. The van der Waals surface area contributed by atoms with Crippen molar-refractivity contribution in [2.75, 3.05) is 0 Å². The van der Waals surface area contributed by atoms with Crippen LogP contribution in [0.4, 0.5) is 0 Å². The lowest BCUT2D eigenvalue weighted by atomic mass is 9.78. The van der Waals surface area contributed by atoms with E-state index in [1.807, 2.05) is 0 Å². The average molecular weight is 178 g/mol. The van der Waals surface area contributed by atoms with Gasteiger partial charge in [0, 0.05) is 0 Å². The first-order chi connectivity index (χ1) is 6.11. The molecule has 2 atom stereocenters. The van der Waals surface area contributed by atoms with Crippen LogP contribution in [0.1, 0.15) is 47.0 Å². The Morgan fingerprint density at radius 2 is 2.23 bits per heavy atom. The van der Waals surface area contributed by atoms with Crippen molar-refractivity contribution in [1.29, 1.82) is 0 Å². The van der Waals surface area contributed by atoms with Crippen LogP contribution in [0.3, 0.4) is 0 Å². The molecular weight excluding hydrogens is 156 g/mol. The highest BCUT2D eigenvalue weighted by Crippen LogP contribution is 2.32. The monoisotopic (exact) mass is 178 g/mol. The Morgan fingerprint density at radius 3 is 2.77 bits per heavy atom. The molecule has 1 aliphatic rings. The van der Waals surface area contributed by atoms with Gasteiger partial charge in [0.2, 0.25) is 0 Å². The molecule has 0 saturated heterocycles. The van der Waals surface area contributed by atoms with E-state index in [2.05, 4.69) is 39.8 Å². The summed E-state index contributed by atoms with van der Waals surface area (Å²) in [5, 5.41) is 0. The predicted octanol–water partition coefficient (Wildman–Crippen LogP) is 4.34. The Labute approximate surface area is 82.7 Å². The SMILES string of the molecule is CC(C)=CCC1C(C)=CCCC1C. The molecule has 74 valence electrons. The van der Waals surface area contributed by atoms with Crippen molar-refractivity contribution in [3.63, 3.8) is 0 Å². The van der Waals surface area contributed by atoms with Crippen LogP contribution in [0.15, 0.2) is 23.3 Å². The first-order valence-corrected chi connectivity index (χ1v) is 5.41. The average Bonchev–Trinajstić information content (AvgIpc) is 2.03. The third-order valence-corrected chi connectivity index (χ3v) is 3.14. The molecule has 0 N–H and O–H groups in total. The first-order valence-electron chi connectivity index (χ1n) is 5.41. The minimum absolute atomic E-state index is 0.809. The van der Waals surface area contributed by atoms with Crippen LogP contribution in [-0.4, -0.2) is 0 Å². The zero-order chi connectivity index (χ0) is 9.84. The van der Waals surface area contributed by atoms with E-state index >= 15 is 0 Å². The number of allylic oxidation sites excluding steroid dienone is 4. The van der Waals surface area contributed by atoms with Crippen LogP contribution >= 0.6 is 0 Å². The van der Waals surface area contributed by atoms with E-state index in [4.69, 9.17) is 0 Å². The molecule has 0 bridgehead atoms. The number of hydrogen-bond acceptors (Lipinski definition) is 0. The Hall–Kier alpha value is -0.520. The van der Waals surface area contributed by atoms with Gasteiger partial charge in [-0.3, -0.25) is 0 Å². The van der Waals surface area contributed by atoms with Crippen LogP contribution in [0, 0.1) is 11.8 Å². The maximum Gasteiger partial charge on any atom is -0.0145 e. The summed E-state index contributed by atoms with van der Waals surface area (Å²) in [4.78, 5) is 0. The van der Waals surface area contributed by atoms with Crippen molar-refractivity contribution in [2.45, 2.75) is 47.0 Å². The van der Waals surface area contributed by atoms with Crippen LogP contribution in [0.5, 0.6) is 0 Å². The molecule has 0 fully saturated rings. The second kappa shape index (κ2) is 4.64. The Balaban J connectivity index is 2.60. The molecule has 0 aromatic carbocycles. The number of rotatable bonds is 2. The molecule has 0 radical (unpaired) electrons. The largest absolute Gasteiger partial charge is 0.0853 e. The molecule has 1 rings (SSSR count). The van der Waals surface area contributed by atoms with E-state index in [9.17, 15) is 0 Å². The van der Waals surface area contributed by atoms with E-state index in [1.165, 1.54) is 24.8 Å². The molecule has 0 spiro atoms. The molecule has 0 heterocycles. The van der Waals surface area contributed by atoms with Gasteiger partial charge in [-0.2, -0.15) is 0 Å². The second-order valence-electron chi connectivity index (χ2n) is 4.63. The summed E-state index contributed by atoms with van der Waals surface area (Å²) in [7, 11) is 0. The zero-order valence-corrected chi connectivity index (χ0v) is 9.43. The standard InChI is InChI=1S/C13H22/c1-10(2)8-9-13-11(3)6-5-7-12(13)4/h6,8,12-13H,5,7,9H2,1-4H3. The normalized spacial score (nSPS) is 28.2. The Bertz CT molecular complexity index is 216. The van der Waals surface area contributed by atoms with E-state index in [0.717, 1.165) is 11.8 Å². The van der Waals surface area contributed by atoms with Crippen LogP contribution in [0.2, 0.25) is 0 Å². The van der Waals surface area contributed by atoms with Crippen molar-refractivity contribution in [2.24, 2.45) is 11.8 Å². The summed E-state index contributed by atoms with van der Waals surface area (Å²) in [5.74, 6) is 1.68. The van der Waals surface area contributed by atoms with Gasteiger partial charge >= 0.3 is 0 Å². The fraction of sp³-hybridized carbons (Fsp3) is 0.692. The lowest BCUT2D eigenvalue weighted by molar-refractivity contribution is 0.369. The molecule has 0 saturated carbocycles. The fourth-order valence-electron chi connectivity index (χ4n) is 2.16. The molecule has 2 unspecified atom stereocenters. The molecule has 0 heteroatoms. The van der Waals surface area contributed by atoms with Crippen molar-refractivity contribution < 1.29 is 0 Å². The van der Waals surface area contributed by atoms with Gasteiger partial charge in [0.1, 0.15) is 0 Å². The fourth-order valence-corrected chi connectivity index (χ4v) is 2.16. The van der Waals surface area contributed by atoms with Gasteiger partial charge in [0.05, 0.1) is 0 Å². The number of hydrogen-bond donors (Lipinski definition) is 0. The molecule has 0 aromatic heterocycles. The molecule has 0 aliphatic heterocycles. The summed E-state index contributed by atoms with van der Waals surface area (Å²) < 4.78 is 0. The maximum absolute atomic E-state index is 2.42. The molecular formula is C13H22. The van der Waals surface area contributed by atoms with Gasteiger partial charge in [0.15, 0.2) is 0 Å². The van der Waals surface area contributed by atoms with Gasteiger partial charge in [-0.15, -0.1) is 0 Å². The van der Waals surface area contributed by atoms with Crippen molar-refractivity contribution in [3.8, 4) is 0 Å². The summed E-state index contributed by atoms with van der Waals surface area (Å²) >= 11 is 0.